The van der Waals surface area contributed by atoms with E-state index in [-0.39, 0.29) is 11.9 Å². The van der Waals surface area contributed by atoms with Crippen molar-refractivity contribution < 1.29 is 13.6 Å². The molecule has 0 spiro atoms. The van der Waals surface area contributed by atoms with Crippen LogP contribution >= 0.6 is 11.8 Å². The van der Waals surface area contributed by atoms with Gasteiger partial charge in [0.1, 0.15) is 5.82 Å². The zero-order chi connectivity index (χ0) is 21.1. The van der Waals surface area contributed by atoms with E-state index in [1.807, 2.05) is 13.0 Å². The number of rotatable bonds is 7. The lowest BCUT2D eigenvalue weighted by molar-refractivity contribution is 0.0938. The first kappa shape index (κ1) is 20.3. The number of alkyl halides is 2. The zero-order valence-corrected chi connectivity index (χ0v) is 17.1. The van der Waals surface area contributed by atoms with Crippen LogP contribution in [0, 0.1) is 0 Å². The highest BCUT2D eigenvalue weighted by atomic mass is 32.2. The molecule has 4 rings (SSSR count). The minimum atomic E-state index is -2.46. The molecule has 1 amide bonds. The number of hydrogen-bond acceptors (Lipinski definition) is 5. The Morgan fingerprint density at radius 1 is 1.13 bits per heavy atom. The smallest absolute Gasteiger partial charge is 0.288 e. The monoisotopic (exact) mass is 429 g/mol. The van der Waals surface area contributed by atoms with Crippen LogP contribution in [0.4, 0.5) is 20.2 Å². The quantitative estimate of drug-likeness (QED) is 0.529. The Morgan fingerprint density at radius 3 is 2.67 bits per heavy atom. The number of para-hydroxylation sites is 1. The number of amides is 1. The number of nitrogens with one attached hydrogen (secondary N) is 2. The van der Waals surface area contributed by atoms with Crippen LogP contribution in [0.1, 0.15) is 41.4 Å². The summed E-state index contributed by atoms with van der Waals surface area (Å²) >= 11 is 0.497. The Bertz CT molecular complexity index is 1040. The van der Waals surface area contributed by atoms with E-state index in [9.17, 15) is 13.6 Å². The molecule has 0 aliphatic carbocycles. The van der Waals surface area contributed by atoms with Crippen molar-refractivity contribution >= 4 is 29.0 Å². The predicted octanol–water partition coefficient (Wildman–Crippen LogP) is 4.77. The molecule has 3 aromatic rings. The molecule has 9 heteroatoms. The number of nitrogens with zero attached hydrogens (tertiary/aromatic N) is 3. The average Bonchev–Trinajstić information content (AvgIpc) is 3.33. The van der Waals surface area contributed by atoms with Gasteiger partial charge >= 0.3 is 0 Å². The van der Waals surface area contributed by atoms with E-state index >= 15 is 0 Å². The topological polar surface area (TPSA) is 71.8 Å². The highest BCUT2D eigenvalue weighted by Gasteiger charge is 2.23. The van der Waals surface area contributed by atoms with Crippen LogP contribution in [0.25, 0.3) is 0 Å². The summed E-state index contributed by atoms with van der Waals surface area (Å²) in [4.78, 5) is 13.4. The molecule has 6 nitrogen and oxygen atoms in total. The molecule has 30 heavy (non-hydrogen) atoms. The van der Waals surface area contributed by atoms with Gasteiger partial charge in [-0.05, 0) is 49.7 Å². The summed E-state index contributed by atoms with van der Waals surface area (Å²) in [5, 5.41) is 14.6. The lowest BCUT2D eigenvalue weighted by Gasteiger charge is -2.16. The molecule has 1 atom stereocenters. The van der Waals surface area contributed by atoms with Crippen molar-refractivity contribution in [1.29, 1.82) is 0 Å². The van der Waals surface area contributed by atoms with E-state index in [4.69, 9.17) is 0 Å². The second-order valence-electron chi connectivity index (χ2n) is 7.00. The van der Waals surface area contributed by atoms with Crippen LogP contribution in [0.3, 0.4) is 0 Å². The second kappa shape index (κ2) is 8.83. The van der Waals surface area contributed by atoms with Gasteiger partial charge in [0.2, 0.25) is 0 Å². The Hall–Kier alpha value is -2.94. The standard InChI is InChI=1S/C21H21F2N5OS/c1-13(19-27-26-18-7-4-12-28(18)19)24-20(29)16-5-2-3-6-17(16)25-14-8-10-15(11-9-14)30-21(22)23/h2-3,5-6,8-11,13,21,25H,4,7,12H2,1H3,(H,24,29). The predicted molar refractivity (Wildman–Crippen MR) is 112 cm³/mol. The molecule has 1 unspecified atom stereocenters. The highest BCUT2D eigenvalue weighted by Crippen LogP contribution is 2.28. The molecule has 1 aromatic heterocycles. The third-order valence-electron chi connectivity index (χ3n) is 4.90. The molecule has 2 heterocycles. The summed E-state index contributed by atoms with van der Waals surface area (Å²) in [7, 11) is 0. The van der Waals surface area contributed by atoms with Gasteiger partial charge in [-0.15, -0.1) is 10.2 Å². The van der Waals surface area contributed by atoms with Crippen molar-refractivity contribution in [2.75, 3.05) is 5.32 Å². The van der Waals surface area contributed by atoms with Crippen molar-refractivity contribution in [3.05, 3.63) is 65.7 Å². The van der Waals surface area contributed by atoms with Gasteiger partial charge in [0, 0.05) is 23.5 Å². The number of carbonyl (C=O) groups excluding carboxylic acids is 1. The van der Waals surface area contributed by atoms with Crippen molar-refractivity contribution in [3.63, 3.8) is 0 Å². The summed E-state index contributed by atoms with van der Waals surface area (Å²) in [6.45, 7) is 2.76. The maximum absolute atomic E-state index is 12.9. The normalized spacial score (nSPS) is 13.9. The van der Waals surface area contributed by atoms with Crippen molar-refractivity contribution in [2.24, 2.45) is 0 Å². The van der Waals surface area contributed by atoms with E-state index in [0.717, 1.165) is 31.0 Å². The van der Waals surface area contributed by atoms with Gasteiger partial charge in [-0.2, -0.15) is 8.78 Å². The summed E-state index contributed by atoms with van der Waals surface area (Å²) < 4.78 is 27.0. The molecule has 1 aliphatic heterocycles. The molecule has 0 saturated heterocycles. The van der Waals surface area contributed by atoms with Crippen molar-refractivity contribution in [2.45, 2.75) is 43.0 Å². The molecular formula is C21H21F2N5OS. The van der Waals surface area contributed by atoms with Gasteiger partial charge in [0.25, 0.3) is 11.7 Å². The minimum Gasteiger partial charge on any atom is -0.355 e. The number of halogens is 2. The van der Waals surface area contributed by atoms with Gasteiger partial charge in [0.05, 0.1) is 17.3 Å². The molecule has 0 radical (unpaired) electrons. The second-order valence-corrected chi connectivity index (χ2v) is 8.06. The lowest BCUT2D eigenvalue weighted by Crippen LogP contribution is -2.29. The van der Waals surface area contributed by atoms with Crippen LogP contribution in [-0.4, -0.2) is 26.4 Å². The van der Waals surface area contributed by atoms with E-state index in [1.165, 1.54) is 0 Å². The molecule has 156 valence electrons. The third kappa shape index (κ3) is 4.46. The maximum Gasteiger partial charge on any atom is 0.288 e. The fourth-order valence-electron chi connectivity index (χ4n) is 3.50. The molecule has 0 fully saturated rings. The number of aryl methyl sites for hydroxylation is 1. The maximum atomic E-state index is 12.9. The number of hydrogen-bond donors (Lipinski definition) is 2. The van der Waals surface area contributed by atoms with Gasteiger partial charge in [-0.1, -0.05) is 23.9 Å². The zero-order valence-electron chi connectivity index (χ0n) is 16.3. The number of carbonyl (C=O) groups is 1. The number of benzene rings is 2. The van der Waals surface area contributed by atoms with Crippen LogP contribution in [0.5, 0.6) is 0 Å². The van der Waals surface area contributed by atoms with Crippen LogP contribution < -0.4 is 10.6 Å². The number of thioether (sulfide) groups is 1. The summed E-state index contributed by atoms with van der Waals surface area (Å²) in [6.07, 6.45) is 1.95. The van der Waals surface area contributed by atoms with Gasteiger partial charge in [-0.3, -0.25) is 4.79 Å². The first-order valence-corrected chi connectivity index (χ1v) is 10.5. The van der Waals surface area contributed by atoms with Crippen molar-refractivity contribution in [3.8, 4) is 0 Å². The Morgan fingerprint density at radius 2 is 1.90 bits per heavy atom. The van der Waals surface area contributed by atoms with Crippen LogP contribution in [0.2, 0.25) is 0 Å². The fourth-order valence-corrected chi connectivity index (χ4v) is 4.00. The summed E-state index contributed by atoms with van der Waals surface area (Å²) in [5.74, 6) is -0.970. The SMILES string of the molecule is CC(NC(=O)c1ccccc1Nc1ccc(SC(F)F)cc1)c1nnc2n1CCC2. The lowest BCUT2D eigenvalue weighted by atomic mass is 10.1. The van der Waals surface area contributed by atoms with Crippen LogP contribution in [-0.2, 0) is 13.0 Å². The first-order chi connectivity index (χ1) is 14.5. The van der Waals surface area contributed by atoms with E-state index in [2.05, 4.69) is 25.4 Å². The Kier molecular flexibility index (Phi) is 5.98. The van der Waals surface area contributed by atoms with Crippen LogP contribution in [0.15, 0.2) is 53.4 Å². The Labute approximate surface area is 177 Å². The number of fused-ring (bicyclic) bond motifs is 1. The molecule has 2 N–H and O–H groups in total. The average molecular weight is 429 g/mol. The molecular weight excluding hydrogens is 408 g/mol. The molecule has 0 bridgehead atoms. The van der Waals surface area contributed by atoms with Crippen molar-refractivity contribution in [1.82, 2.24) is 20.1 Å². The van der Waals surface area contributed by atoms with E-state index < -0.39 is 5.76 Å². The van der Waals surface area contributed by atoms with Gasteiger partial charge in [0.15, 0.2) is 5.82 Å². The Balaban J connectivity index is 1.47. The van der Waals surface area contributed by atoms with Gasteiger partial charge < -0.3 is 15.2 Å². The number of aromatic nitrogens is 3. The molecule has 1 aliphatic rings. The molecule has 0 saturated carbocycles. The van der Waals surface area contributed by atoms with E-state index in [0.29, 0.717) is 33.6 Å². The largest absolute Gasteiger partial charge is 0.355 e. The highest BCUT2D eigenvalue weighted by molar-refractivity contribution is 7.99. The molecule has 2 aromatic carbocycles. The number of anilines is 2. The summed E-state index contributed by atoms with van der Waals surface area (Å²) in [6, 6.07) is 13.5. The fraction of sp³-hybridized carbons (Fsp3) is 0.286. The first-order valence-electron chi connectivity index (χ1n) is 9.65. The summed E-state index contributed by atoms with van der Waals surface area (Å²) in [5.41, 5.74) is 1.82. The minimum absolute atomic E-state index is 0.231. The van der Waals surface area contributed by atoms with E-state index in [1.54, 1.807) is 42.5 Å². The third-order valence-corrected chi connectivity index (χ3v) is 5.63. The van der Waals surface area contributed by atoms with Gasteiger partial charge in [-0.25, -0.2) is 0 Å².